The number of likely N-dealkylation sites (N-methyl/N-ethyl adjacent to an activating group) is 1. The van der Waals surface area contributed by atoms with Gasteiger partial charge in [0.1, 0.15) is 0 Å². The first kappa shape index (κ1) is 14.3. The first-order valence-corrected chi connectivity index (χ1v) is 7.09. The lowest BCUT2D eigenvalue weighted by molar-refractivity contribution is -0.148. The number of hydrogen-bond donors (Lipinski definition) is 1. The van der Waals surface area contributed by atoms with Gasteiger partial charge in [-0.15, -0.1) is 0 Å². The van der Waals surface area contributed by atoms with Gasteiger partial charge in [-0.3, -0.25) is 9.59 Å². The molecule has 19 heavy (non-hydrogen) atoms. The van der Waals surface area contributed by atoms with Crippen LogP contribution in [-0.2, 0) is 9.59 Å². The van der Waals surface area contributed by atoms with Crippen LogP contribution in [0.3, 0.4) is 0 Å². The summed E-state index contributed by atoms with van der Waals surface area (Å²) in [6.07, 6.45) is 2.23. The Balaban J connectivity index is 2.03. The van der Waals surface area contributed by atoms with Crippen LogP contribution in [0.4, 0.5) is 0 Å². The molecule has 1 saturated carbocycles. The highest BCUT2D eigenvalue weighted by Crippen LogP contribution is 2.34. The lowest BCUT2D eigenvalue weighted by Crippen LogP contribution is -2.40. The Hall–Kier alpha value is -1.10. The quantitative estimate of drug-likeness (QED) is 0.826. The van der Waals surface area contributed by atoms with Gasteiger partial charge in [-0.05, 0) is 32.9 Å². The summed E-state index contributed by atoms with van der Waals surface area (Å²) in [4.78, 5) is 27.7. The summed E-state index contributed by atoms with van der Waals surface area (Å²) in [5, 5.41) is 9.19. The van der Waals surface area contributed by atoms with E-state index in [1.54, 1.807) is 0 Å². The minimum atomic E-state index is -0.813. The van der Waals surface area contributed by atoms with Crippen LogP contribution in [0.5, 0.6) is 0 Å². The zero-order valence-electron chi connectivity index (χ0n) is 12.0. The number of rotatable bonds is 3. The van der Waals surface area contributed by atoms with Crippen molar-refractivity contribution in [2.24, 2.45) is 17.8 Å². The normalized spacial score (nSPS) is 35.1. The van der Waals surface area contributed by atoms with Gasteiger partial charge in [0.25, 0.3) is 0 Å². The monoisotopic (exact) mass is 268 g/mol. The maximum Gasteiger partial charge on any atom is 0.307 e. The van der Waals surface area contributed by atoms with Crippen LogP contribution in [0.15, 0.2) is 0 Å². The van der Waals surface area contributed by atoms with Gasteiger partial charge < -0.3 is 14.9 Å². The van der Waals surface area contributed by atoms with E-state index >= 15 is 0 Å². The lowest BCUT2D eigenvalue weighted by Gasteiger charge is -2.24. The number of nitrogens with zero attached hydrogens (tertiary/aromatic N) is 2. The largest absolute Gasteiger partial charge is 0.481 e. The fourth-order valence-corrected chi connectivity index (χ4v) is 3.59. The van der Waals surface area contributed by atoms with Crippen molar-refractivity contribution < 1.29 is 14.7 Å². The Morgan fingerprint density at radius 3 is 2.32 bits per heavy atom. The molecule has 1 heterocycles. The molecule has 5 heteroatoms. The molecule has 0 bridgehead atoms. The molecule has 2 fully saturated rings. The highest BCUT2D eigenvalue weighted by molar-refractivity contribution is 5.85. The summed E-state index contributed by atoms with van der Waals surface area (Å²) >= 11 is 0. The van der Waals surface area contributed by atoms with Gasteiger partial charge in [-0.1, -0.05) is 13.3 Å². The van der Waals surface area contributed by atoms with Crippen molar-refractivity contribution in [2.75, 3.05) is 27.2 Å². The number of amides is 1. The molecule has 2 rings (SSSR count). The van der Waals surface area contributed by atoms with Crippen LogP contribution in [-0.4, -0.2) is 60.0 Å². The predicted octanol–water partition coefficient (Wildman–Crippen LogP) is 0.896. The van der Waals surface area contributed by atoms with Crippen LogP contribution < -0.4 is 0 Å². The van der Waals surface area contributed by atoms with Crippen LogP contribution in [0.2, 0.25) is 0 Å². The second kappa shape index (κ2) is 5.49. The molecule has 1 N–H and O–H groups in total. The van der Waals surface area contributed by atoms with Crippen LogP contribution >= 0.6 is 0 Å². The number of hydrogen-bond acceptors (Lipinski definition) is 3. The molecule has 0 spiro atoms. The molecule has 108 valence electrons. The Bertz CT molecular complexity index is 370. The van der Waals surface area contributed by atoms with E-state index in [4.69, 9.17) is 0 Å². The van der Waals surface area contributed by atoms with Gasteiger partial charge in [-0.25, -0.2) is 0 Å². The molecule has 2 aliphatic rings. The minimum absolute atomic E-state index is 0.0566. The Kier molecular flexibility index (Phi) is 4.13. The molecule has 5 nitrogen and oxygen atoms in total. The van der Waals surface area contributed by atoms with Gasteiger partial charge in [0, 0.05) is 19.1 Å². The zero-order valence-corrected chi connectivity index (χ0v) is 12.0. The number of aliphatic carboxylic acids is 1. The topological polar surface area (TPSA) is 60.9 Å². The zero-order chi connectivity index (χ0) is 14.2. The molecule has 1 saturated heterocycles. The highest BCUT2D eigenvalue weighted by Gasteiger charge is 2.42. The first-order chi connectivity index (χ1) is 8.91. The van der Waals surface area contributed by atoms with Crippen molar-refractivity contribution in [3.8, 4) is 0 Å². The molecule has 4 unspecified atom stereocenters. The second-order valence-electron chi connectivity index (χ2n) is 6.23. The molecular formula is C14H24N2O3. The molecule has 1 aliphatic carbocycles. The van der Waals surface area contributed by atoms with E-state index < -0.39 is 11.9 Å². The van der Waals surface area contributed by atoms with E-state index in [0.29, 0.717) is 18.4 Å². The number of carboxylic acids is 1. The molecule has 1 aliphatic heterocycles. The molecule has 1 amide bonds. The summed E-state index contributed by atoms with van der Waals surface area (Å²) in [6, 6.07) is 0.383. The van der Waals surface area contributed by atoms with Crippen molar-refractivity contribution >= 4 is 11.9 Å². The Morgan fingerprint density at radius 1 is 1.16 bits per heavy atom. The smallest absolute Gasteiger partial charge is 0.307 e. The van der Waals surface area contributed by atoms with E-state index in [1.807, 2.05) is 19.0 Å². The van der Waals surface area contributed by atoms with E-state index in [9.17, 15) is 14.7 Å². The van der Waals surface area contributed by atoms with Gasteiger partial charge in [0.05, 0.1) is 11.8 Å². The van der Waals surface area contributed by atoms with E-state index in [2.05, 4.69) is 11.8 Å². The van der Waals surface area contributed by atoms with Crippen molar-refractivity contribution in [3.05, 3.63) is 0 Å². The first-order valence-electron chi connectivity index (χ1n) is 7.09. The van der Waals surface area contributed by atoms with Gasteiger partial charge in [0.15, 0.2) is 0 Å². The molecule has 0 aromatic carbocycles. The molecule has 0 aromatic rings. The van der Waals surface area contributed by atoms with Crippen molar-refractivity contribution in [2.45, 2.75) is 32.2 Å². The Labute approximate surface area is 114 Å². The van der Waals surface area contributed by atoms with Crippen LogP contribution in [0.1, 0.15) is 26.2 Å². The average molecular weight is 268 g/mol. The summed E-state index contributed by atoms with van der Waals surface area (Å²) in [7, 11) is 4.07. The standard InChI is InChI=1S/C14H24N2O3/c1-9-7-16(8-12(9)15(2)3)13(17)10-5-4-6-11(10)14(18)19/h9-12H,4-8H2,1-3H3,(H,18,19). The summed E-state index contributed by atoms with van der Waals surface area (Å²) in [5.41, 5.74) is 0. The van der Waals surface area contributed by atoms with Gasteiger partial charge in [0.2, 0.25) is 5.91 Å². The number of carbonyl (C=O) groups excluding carboxylic acids is 1. The van der Waals surface area contributed by atoms with Gasteiger partial charge in [-0.2, -0.15) is 0 Å². The third-order valence-corrected chi connectivity index (χ3v) is 4.70. The summed E-state index contributed by atoms with van der Waals surface area (Å²) < 4.78 is 0. The fraction of sp³-hybridized carbons (Fsp3) is 0.857. The van der Waals surface area contributed by atoms with Crippen LogP contribution in [0.25, 0.3) is 0 Å². The Morgan fingerprint density at radius 2 is 1.79 bits per heavy atom. The van der Waals surface area contributed by atoms with Gasteiger partial charge >= 0.3 is 5.97 Å². The highest BCUT2D eigenvalue weighted by atomic mass is 16.4. The number of carboxylic acid groups (broad SMARTS) is 1. The average Bonchev–Trinajstić information content (AvgIpc) is 2.93. The van der Waals surface area contributed by atoms with Crippen molar-refractivity contribution in [1.82, 2.24) is 9.80 Å². The lowest BCUT2D eigenvalue weighted by atomic mass is 9.95. The van der Waals surface area contributed by atoms with E-state index in [0.717, 1.165) is 25.9 Å². The maximum absolute atomic E-state index is 12.5. The fourth-order valence-electron chi connectivity index (χ4n) is 3.59. The molecule has 0 radical (unpaired) electrons. The maximum atomic E-state index is 12.5. The molecule has 0 aromatic heterocycles. The van der Waals surface area contributed by atoms with Crippen molar-refractivity contribution in [3.63, 3.8) is 0 Å². The van der Waals surface area contributed by atoms with E-state index in [1.165, 1.54) is 0 Å². The van der Waals surface area contributed by atoms with Crippen molar-refractivity contribution in [1.29, 1.82) is 0 Å². The predicted molar refractivity (Wildman–Crippen MR) is 71.7 cm³/mol. The third kappa shape index (κ3) is 2.76. The minimum Gasteiger partial charge on any atom is -0.481 e. The number of carbonyl (C=O) groups is 2. The summed E-state index contributed by atoms with van der Waals surface area (Å²) in [5.74, 6) is -1.08. The molecular weight excluding hydrogens is 244 g/mol. The third-order valence-electron chi connectivity index (χ3n) is 4.70. The van der Waals surface area contributed by atoms with Crippen LogP contribution in [0, 0.1) is 17.8 Å². The molecule has 4 atom stereocenters. The SMILES string of the molecule is CC1CN(C(=O)C2CCCC2C(=O)O)CC1N(C)C. The number of likely N-dealkylation sites (tertiary alicyclic amines) is 1. The second-order valence-corrected chi connectivity index (χ2v) is 6.23. The van der Waals surface area contributed by atoms with E-state index in [-0.39, 0.29) is 11.8 Å². The summed E-state index contributed by atoms with van der Waals surface area (Å²) in [6.45, 7) is 3.64.